The quantitative estimate of drug-likeness (QED) is 0.166. The molecule has 2 aromatic carbocycles. The third-order valence-electron chi connectivity index (χ3n) is 4.59. The molecular weight excluding hydrogens is 529 g/mol. The normalized spacial score (nSPS) is 13.0. The first kappa shape index (κ1) is 28.0. The van der Waals surface area contributed by atoms with Gasteiger partial charge in [0, 0.05) is 5.56 Å². The summed E-state index contributed by atoms with van der Waals surface area (Å²) in [6.45, 7) is -0.234. The Morgan fingerprint density at radius 2 is 1.69 bits per heavy atom. The van der Waals surface area contributed by atoms with Crippen LogP contribution in [0.2, 0.25) is 0 Å². The van der Waals surface area contributed by atoms with Crippen molar-refractivity contribution in [2.75, 3.05) is 19.8 Å². The van der Waals surface area contributed by atoms with Gasteiger partial charge in [-0.15, -0.1) is 10.2 Å². The van der Waals surface area contributed by atoms with Crippen LogP contribution in [0, 0.1) is 5.82 Å². The summed E-state index contributed by atoms with van der Waals surface area (Å²) in [7, 11) is -4.74. The largest absolute Gasteiger partial charge is 0.494 e. The van der Waals surface area contributed by atoms with Crippen LogP contribution in [-0.4, -0.2) is 39.8 Å². The minimum Gasteiger partial charge on any atom is -0.494 e. The summed E-state index contributed by atoms with van der Waals surface area (Å²) in [6.07, 6.45) is -3.76. The second-order valence-corrected chi connectivity index (χ2v) is 9.65. The Morgan fingerprint density at radius 1 is 1.03 bits per heavy atom. The monoisotopic (exact) mass is 551 g/mol. The smallest absolute Gasteiger partial charge is 0.469 e. The molecule has 0 radical (unpaired) electrons. The Balaban J connectivity index is 1.59. The summed E-state index contributed by atoms with van der Waals surface area (Å²) in [4.78, 5) is 17.5. The van der Waals surface area contributed by atoms with E-state index in [0.717, 1.165) is 17.4 Å². The van der Waals surface area contributed by atoms with E-state index < -0.39 is 32.2 Å². The molecule has 9 nitrogen and oxygen atoms in total. The summed E-state index contributed by atoms with van der Waals surface area (Å²) < 4.78 is 79.8. The molecule has 36 heavy (non-hydrogen) atoms. The van der Waals surface area contributed by atoms with Gasteiger partial charge in [-0.2, -0.15) is 13.2 Å². The van der Waals surface area contributed by atoms with Gasteiger partial charge >= 0.3 is 14.0 Å². The van der Waals surface area contributed by atoms with Crippen molar-refractivity contribution in [2.24, 2.45) is 5.73 Å². The number of nitrogens with zero attached hydrogens (tertiary/aromatic N) is 2. The van der Waals surface area contributed by atoms with Gasteiger partial charge in [0.15, 0.2) is 0 Å². The van der Waals surface area contributed by atoms with Gasteiger partial charge in [0.05, 0.1) is 31.4 Å². The maximum absolute atomic E-state index is 13.7. The molecule has 0 saturated carbocycles. The van der Waals surface area contributed by atoms with Crippen molar-refractivity contribution in [1.82, 2.24) is 10.2 Å². The van der Waals surface area contributed by atoms with Gasteiger partial charge in [-0.05, 0) is 55.3 Å². The van der Waals surface area contributed by atoms with Gasteiger partial charge in [-0.1, -0.05) is 11.3 Å². The van der Waals surface area contributed by atoms with E-state index in [1.165, 1.54) is 36.4 Å². The van der Waals surface area contributed by atoms with E-state index in [0.29, 0.717) is 25.2 Å². The summed E-state index contributed by atoms with van der Waals surface area (Å²) >= 11 is 0.873. The predicted octanol–water partition coefficient (Wildman–Crippen LogP) is 4.71. The second-order valence-electron chi connectivity index (χ2n) is 7.40. The lowest BCUT2D eigenvalue weighted by Crippen LogP contribution is -2.16. The first-order chi connectivity index (χ1) is 16.9. The molecule has 4 N–H and O–H groups in total. The first-order valence-corrected chi connectivity index (χ1v) is 12.8. The van der Waals surface area contributed by atoms with Crippen molar-refractivity contribution in [2.45, 2.75) is 25.1 Å². The highest BCUT2D eigenvalue weighted by Crippen LogP contribution is 2.40. The van der Waals surface area contributed by atoms with Gasteiger partial charge in [0.1, 0.15) is 27.3 Å². The van der Waals surface area contributed by atoms with Gasteiger partial charge in [0.25, 0.3) is 0 Å². The zero-order chi connectivity index (χ0) is 26.3. The molecule has 1 unspecified atom stereocenters. The standard InChI is InChI=1S/C21H22F4N3O6PS/c22-14-4-6-15(7-5-14)32-9-1-2-10-33-18-8-3-13(11-16(18)21(23,24)25)19-27-28-20(36-19)17(26)12-34-35(29,30)31/h3-8,11,17H,1-2,9-10,12,26H2,(H2,29,30,31). The molecule has 15 heteroatoms. The molecule has 3 rings (SSSR count). The van der Waals surface area contributed by atoms with Crippen LogP contribution in [0.4, 0.5) is 17.6 Å². The summed E-state index contributed by atoms with van der Waals surface area (Å²) in [5.41, 5.74) is 4.89. The van der Waals surface area contributed by atoms with E-state index in [2.05, 4.69) is 14.7 Å². The third kappa shape index (κ3) is 8.50. The fourth-order valence-electron chi connectivity index (χ4n) is 2.87. The molecule has 0 amide bonds. The highest BCUT2D eigenvalue weighted by atomic mass is 32.1. The van der Waals surface area contributed by atoms with E-state index in [1.54, 1.807) is 0 Å². The van der Waals surface area contributed by atoms with Crippen molar-refractivity contribution in [3.8, 4) is 22.1 Å². The van der Waals surface area contributed by atoms with Crippen LogP contribution in [0.3, 0.4) is 0 Å². The number of alkyl halides is 3. The second kappa shape index (κ2) is 12.1. The highest BCUT2D eigenvalue weighted by molar-refractivity contribution is 7.46. The maximum Gasteiger partial charge on any atom is 0.469 e. The van der Waals surface area contributed by atoms with E-state index in [9.17, 15) is 22.1 Å². The number of benzene rings is 2. The molecule has 0 saturated heterocycles. The van der Waals surface area contributed by atoms with E-state index in [-0.39, 0.29) is 33.8 Å². The number of ether oxygens (including phenoxy) is 2. The highest BCUT2D eigenvalue weighted by Gasteiger charge is 2.35. The molecule has 0 spiro atoms. The molecule has 0 fully saturated rings. The minimum atomic E-state index is -4.74. The van der Waals surface area contributed by atoms with Crippen LogP contribution in [0.15, 0.2) is 42.5 Å². The lowest BCUT2D eigenvalue weighted by Gasteiger charge is -2.15. The number of phosphoric acid groups is 1. The Hall–Kier alpha value is -2.61. The SMILES string of the molecule is NC(COP(=O)(O)O)c1nnc(-c2ccc(OCCCCOc3ccc(F)cc3)c(C(F)(F)F)c2)s1. The Labute approximate surface area is 207 Å². The molecule has 0 aliphatic heterocycles. The van der Waals surface area contributed by atoms with Crippen LogP contribution in [0.25, 0.3) is 10.6 Å². The Bertz CT molecular complexity index is 1190. The van der Waals surface area contributed by atoms with Crippen molar-refractivity contribution in [1.29, 1.82) is 0 Å². The average Bonchev–Trinajstić information content (AvgIpc) is 3.30. The average molecular weight is 551 g/mol. The number of halogens is 4. The zero-order valence-corrected chi connectivity index (χ0v) is 20.2. The predicted molar refractivity (Wildman–Crippen MR) is 122 cm³/mol. The number of hydrogen-bond donors (Lipinski definition) is 3. The van der Waals surface area contributed by atoms with Crippen molar-refractivity contribution in [3.63, 3.8) is 0 Å². The maximum atomic E-state index is 13.7. The summed E-state index contributed by atoms with van der Waals surface area (Å²) in [6, 6.07) is 7.92. The lowest BCUT2D eigenvalue weighted by molar-refractivity contribution is -0.138. The molecule has 0 bridgehead atoms. The zero-order valence-electron chi connectivity index (χ0n) is 18.5. The lowest BCUT2D eigenvalue weighted by atomic mass is 10.1. The molecule has 0 aliphatic rings. The number of nitrogens with two attached hydrogens (primary N) is 1. The van der Waals surface area contributed by atoms with Gasteiger partial charge in [0.2, 0.25) is 0 Å². The molecule has 1 atom stereocenters. The number of hydrogen-bond acceptors (Lipinski definition) is 8. The molecule has 1 heterocycles. The van der Waals surface area contributed by atoms with Crippen LogP contribution in [-0.2, 0) is 15.3 Å². The van der Waals surface area contributed by atoms with Crippen LogP contribution >= 0.6 is 19.2 Å². The Morgan fingerprint density at radius 3 is 2.33 bits per heavy atom. The van der Waals surface area contributed by atoms with Gasteiger partial charge in [-0.3, -0.25) is 4.52 Å². The van der Waals surface area contributed by atoms with Gasteiger partial charge in [-0.25, -0.2) is 8.96 Å². The number of unbranched alkanes of at least 4 members (excludes halogenated alkanes) is 1. The minimum absolute atomic E-state index is 0.0204. The Kier molecular flexibility index (Phi) is 9.39. The summed E-state index contributed by atoms with van der Waals surface area (Å²) in [5.74, 6) is -0.241. The van der Waals surface area contributed by atoms with Crippen molar-refractivity contribution in [3.05, 3.63) is 58.9 Å². The number of rotatable bonds is 12. The van der Waals surface area contributed by atoms with Crippen LogP contribution < -0.4 is 15.2 Å². The number of aromatic nitrogens is 2. The molecule has 3 aromatic rings. The van der Waals surface area contributed by atoms with Crippen LogP contribution in [0.5, 0.6) is 11.5 Å². The topological polar surface area (TPSA) is 137 Å². The van der Waals surface area contributed by atoms with Gasteiger partial charge < -0.3 is 25.0 Å². The molecule has 0 aliphatic carbocycles. The van der Waals surface area contributed by atoms with Crippen molar-refractivity contribution < 1.29 is 45.9 Å². The van der Waals surface area contributed by atoms with E-state index >= 15 is 0 Å². The van der Waals surface area contributed by atoms with Crippen molar-refractivity contribution >= 4 is 19.2 Å². The fourth-order valence-corrected chi connectivity index (χ4v) is 4.05. The first-order valence-electron chi connectivity index (χ1n) is 10.4. The summed E-state index contributed by atoms with van der Waals surface area (Å²) in [5, 5.41) is 7.87. The number of phosphoric ester groups is 1. The molecular formula is C21H22F4N3O6PS. The van der Waals surface area contributed by atoms with E-state index in [4.69, 9.17) is 25.0 Å². The molecule has 1 aromatic heterocycles. The van der Waals surface area contributed by atoms with E-state index in [1.807, 2.05) is 0 Å². The molecule has 196 valence electrons. The fraction of sp³-hybridized carbons (Fsp3) is 0.333. The third-order valence-corrected chi connectivity index (χ3v) is 6.18. The van der Waals surface area contributed by atoms with Crippen LogP contribution in [0.1, 0.15) is 29.5 Å².